The Kier molecular flexibility index (Phi) is 1.53. The quantitative estimate of drug-likeness (QED) is 0.574. The molecule has 3 rings (SSSR count). The molecule has 1 aliphatic carbocycles. The SMILES string of the molecule is O=S1(=O)CCC2C1C1CCS(=O)(=O)C21. The van der Waals surface area contributed by atoms with E-state index in [0.717, 1.165) is 0 Å². The smallest absolute Gasteiger partial charge is 0.153 e. The van der Waals surface area contributed by atoms with Crippen molar-refractivity contribution in [3.05, 3.63) is 0 Å². The maximum Gasteiger partial charge on any atom is 0.153 e. The molecule has 0 radical (unpaired) electrons. The molecule has 3 aliphatic rings. The van der Waals surface area contributed by atoms with E-state index in [9.17, 15) is 16.8 Å². The van der Waals surface area contributed by atoms with Crippen LogP contribution in [0.3, 0.4) is 0 Å². The topological polar surface area (TPSA) is 68.3 Å². The van der Waals surface area contributed by atoms with Crippen molar-refractivity contribution in [1.29, 1.82) is 0 Å². The van der Waals surface area contributed by atoms with Crippen molar-refractivity contribution in [3.8, 4) is 0 Å². The Morgan fingerprint density at radius 3 is 1.43 bits per heavy atom. The molecule has 2 saturated heterocycles. The van der Waals surface area contributed by atoms with Gasteiger partial charge in [0, 0.05) is 0 Å². The summed E-state index contributed by atoms with van der Waals surface area (Å²) in [4.78, 5) is 0. The third kappa shape index (κ3) is 0.888. The van der Waals surface area contributed by atoms with Gasteiger partial charge in [-0.3, -0.25) is 0 Å². The Morgan fingerprint density at radius 1 is 0.714 bits per heavy atom. The monoisotopic (exact) mass is 236 g/mol. The predicted octanol–water partition coefficient (Wildman–Crippen LogP) is -0.393. The molecule has 3 fully saturated rings. The minimum atomic E-state index is -2.96. The second-order valence-corrected chi connectivity index (χ2v) is 9.12. The van der Waals surface area contributed by atoms with Crippen molar-refractivity contribution in [1.82, 2.24) is 0 Å². The van der Waals surface area contributed by atoms with Crippen LogP contribution in [0, 0.1) is 11.8 Å². The fourth-order valence-corrected chi connectivity index (χ4v) is 8.76. The molecule has 0 aromatic heterocycles. The minimum absolute atomic E-state index is 0.0718. The Hall–Kier alpha value is -0.100. The van der Waals surface area contributed by atoms with Crippen molar-refractivity contribution in [3.63, 3.8) is 0 Å². The van der Waals surface area contributed by atoms with Crippen LogP contribution in [-0.2, 0) is 19.7 Å². The molecule has 6 heteroatoms. The van der Waals surface area contributed by atoms with Crippen LogP contribution in [0.4, 0.5) is 0 Å². The van der Waals surface area contributed by atoms with Gasteiger partial charge < -0.3 is 0 Å². The summed E-state index contributed by atoms with van der Waals surface area (Å²) in [7, 11) is -5.91. The Morgan fingerprint density at radius 2 is 1.07 bits per heavy atom. The van der Waals surface area contributed by atoms with Gasteiger partial charge in [-0.05, 0) is 24.7 Å². The average molecular weight is 236 g/mol. The molecule has 80 valence electrons. The lowest BCUT2D eigenvalue weighted by molar-refractivity contribution is 0.228. The predicted molar refractivity (Wildman–Crippen MR) is 51.4 cm³/mol. The Labute approximate surface area is 83.5 Å². The van der Waals surface area contributed by atoms with Crippen molar-refractivity contribution >= 4 is 19.7 Å². The van der Waals surface area contributed by atoms with Crippen LogP contribution < -0.4 is 0 Å². The van der Waals surface area contributed by atoms with E-state index >= 15 is 0 Å². The van der Waals surface area contributed by atoms with Gasteiger partial charge in [0.1, 0.15) is 0 Å². The van der Waals surface area contributed by atoms with Gasteiger partial charge in [0.25, 0.3) is 0 Å². The summed E-state index contributed by atoms with van der Waals surface area (Å²) >= 11 is 0. The molecule has 14 heavy (non-hydrogen) atoms. The molecular weight excluding hydrogens is 224 g/mol. The fourth-order valence-electron chi connectivity index (χ4n) is 3.46. The highest BCUT2D eigenvalue weighted by atomic mass is 32.2. The normalized spacial score (nSPS) is 52.0. The molecule has 0 amide bonds. The van der Waals surface area contributed by atoms with E-state index in [1.165, 1.54) is 0 Å². The zero-order valence-electron chi connectivity index (χ0n) is 7.59. The molecule has 0 aromatic carbocycles. The highest BCUT2D eigenvalue weighted by Gasteiger charge is 2.66. The minimum Gasteiger partial charge on any atom is -0.229 e. The molecule has 4 nitrogen and oxygen atoms in total. The summed E-state index contributed by atoms with van der Waals surface area (Å²) in [6.07, 6.45) is 1.13. The third-order valence-corrected chi connectivity index (χ3v) is 8.66. The first-order valence-electron chi connectivity index (χ1n) is 4.87. The molecule has 2 heterocycles. The van der Waals surface area contributed by atoms with Crippen LogP contribution in [0.5, 0.6) is 0 Å². The van der Waals surface area contributed by atoms with E-state index in [1.54, 1.807) is 0 Å². The van der Waals surface area contributed by atoms with Crippen LogP contribution in [0.15, 0.2) is 0 Å². The largest absolute Gasteiger partial charge is 0.229 e. The van der Waals surface area contributed by atoms with Crippen LogP contribution >= 0.6 is 0 Å². The summed E-state index contributed by atoms with van der Waals surface area (Å²) in [5, 5.41) is -0.630. The van der Waals surface area contributed by atoms with Gasteiger partial charge in [0.15, 0.2) is 19.7 Å². The first kappa shape index (κ1) is 9.15. The second-order valence-electron chi connectivity index (χ2n) is 4.57. The van der Waals surface area contributed by atoms with E-state index in [4.69, 9.17) is 0 Å². The summed E-state index contributed by atoms with van der Waals surface area (Å²) in [5.41, 5.74) is 0. The summed E-state index contributed by atoms with van der Waals surface area (Å²) < 4.78 is 46.3. The van der Waals surface area contributed by atoms with Gasteiger partial charge in [-0.2, -0.15) is 0 Å². The molecule has 0 atom stereocenters. The first-order valence-corrected chi connectivity index (χ1v) is 8.30. The van der Waals surface area contributed by atoms with E-state index in [0.29, 0.717) is 12.8 Å². The van der Waals surface area contributed by atoms with Gasteiger partial charge in [-0.25, -0.2) is 16.8 Å². The molecule has 0 spiro atoms. The fraction of sp³-hybridized carbons (Fsp3) is 1.00. The number of sulfone groups is 2. The van der Waals surface area contributed by atoms with Crippen molar-refractivity contribution in [2.45, 2.75) is 23.3 Å². The van der Waals surface area contributed by atoms with E-state index in [1.807, 2.05) is 0 Å². The summed E-state index contributed by atoms with van der Waals surface area (Å²) in [5.74, 6) is 0.255. The molecule has 2 aliphatic heterocycles. The zero-order chi connectivity index (χ0) is 10.1. The molecule has 1 saturated carbocycles. The number of hydrogen-bond donors (Lipinski definition) is 0. The van der Waals surface area contributed by atoms with E-state index < -0.39 is 19.7 Å². The summed E-state index contributed by atoms with van der Waals surface area (Å²) in [6.45, 7) is 0. The molecule has 0 aromatic rings. The van der Waals surface area contributed by atoms with Gasteiger partial charge >= 0.3 is 0 Å². The third-order valence-electron chi connectivity index (χ3n) is 3.99. The van der Waals surface area contributed by atoms with E-state index in [-0.39, 0.29) is 33.8 Å². The highest BCUT2D eigenvalue weighted by molar-refractivity contribution is 7.94. The lowest BCUT2D eigenvalue weighted by Crippen LogP contribution is -2.54. The number of rotatable bonds is 0. The lowest BCUT2D eigenvalue weighted by atomic mass is 9.72. The molecule has 0 unspecified atom stereocenters. The second kappa shape index (κ2) is 2.35. The van der Waals surface area contributed by atoms with Gasteiger partial charge in [0.05, 0.1) is 22.0 Å². The Balaban J connectivity index is 2.05. The van der Waals surface area contributed by atoms with Gasteiger partial charge in [-0.15, -0.1) is 0 Å². The number of hydrogen-bond acceptors (Lipinski definition) is 4. The van der Waals surface area contributed by atoms with Crippen molar-refractivity contribution in [2.24, 2.45) is 11.8 Å². The van der Waals surface area contributed by atoms with Crippen molar-refractivity contribution < 1.29 is 16.8 Å². The zero-order valence-corrected chi connectivity index (χ0v) is 9.22. The van der Waals surface area contributed by atoms with Crippen molar-refractivity contribution in [2.75, 3.05) is 11.5 Å². The number of fused-ring (bicyclic) bond motifs is 4. The first-order chi connectivity index (χ1) is 6.43. The molecule has 0 N–H and O–H groups in total. The molecule has 0 bridgehead atoms. The average Bonchev–Trinajstić information content (AvgIpc) is 2.32. The lowest BCUT2D eigenvalue weighted by Gasteiger charge is -2.41. The molecular formula is C8H12O4S2. The standard InChI is InChI=1S/C8H12O4S2/c9-13(10)3-1-5-7(13)6-2-4-14(11,12)8(5)6/h5-8H,1-4H2. The maximum absolute atomic E-state index is 11.6. The van der Waals surface area contributed by atoms with Gasteiger partial charge in [0.2, 0.25) is 0 Å². The highest BCUT2D eigenvalue weighted by Crippen LogP contribution is 2.55. The van der Waals surface area contributed by atoms with E-state index in [2.05, 4.69) is 0 Å². The van der Waals surface area contributed by atoms with Crippen LogP contribution in [0.25, 0.3) is 0 Å². The van der Waals surface area contributed by atoms with Gasteiger partial charge in [-0.1, -0.05) is 0 Å². The van der Waals surface area contributed by atoms with Crippen LogP contribution in [-0.4, -0.2) is 38.8 Å². The van der Waals surface area contributed by atoms with Crippen LogP contribution in [0.2, 0.25) is 0 Å². The Bertz CT molecular complexity index is 421. The maximum atomic E-state index is 11.6. The van der Waals surface area contributed by atoms with Crippen LogP contribution in [0.1, 0.15) is 12.8 Å². The summed E-state index contributed by atoms with van der Waals surface area (Å²) in [6, 6.07) is 0.